The van der Waals surface area contributed by atoms with Crippen molar-refractivity contribution in [3.8, 4) is 0 Å². The molecule has 0 bridgehead atoms. The number of nitrogens with zero attached hydrogens (tertiary/aromatic N) is 3. The molecule has 172 valence electrons. The minimum Gasteiger partial charge on any atom is -0.356 e. The minimum absolute atomic E-state index is 0. The van der Waals surface area contributed by atoms with Crippen molar-refractivity contribution >= 4 is 29.9 Å². The molecular weight excluding hydrogens is 530 g/mol. The van der Waals surface area contributed by atoms with E-state index in [1.165, 1.54) is 17.7 Å². The monoisotopic (exact) mass is 557 g/mol. The Morgan fingerprint density at radius 1 is 0.938 bits per heavy atom. The van der Waals surface area contributed by atoms with Gasteiger partial charge in [-0.3, -0.25) is 4.99 Å². The van der Waals surface area contributed by atoms with Gasteiger partial charge in [-0.1, -0.05) is 42.5 Å². The molecule has 0 aliphatic rings. The summed E-state index contributed by atoms with van der Waals surface area (Å²) >= 11 is 0. The van der Waals surface area contributed by atoms with Crippen molar-refractivity contribution in [2.75, 3.05) is 20.1 Å². The lowest BCUT2D eigenvalue weighted by Gasteiger charge is -2.13. The Labute approximate surface area is 203 Å². The van der Waals surface area contributed by atoms with Crippen LogP contribution >= 0.6 is 24.0 Å². The fourth-order valence-corrected chi connectivity index (χ4v) is 3.19. The topological polar surface area (TPSA) is 54.2 Å². The highest BCUT2D eigenvalue weighted by atomic mass is 127. The number of benzene rings is 2. The third-order valence-electron chi connectivity index (χ3n) is 4.85. The Morgan fingerprint density at radius 2 is 1.59 bits per heavy atom. The van der Waals surface area contributed by atoms with Crippen molar-refractivity contribution in [1.29, 1.82) is 0 Å². The Hall–Kier alpha value is -2.56. The minimum atomic E-state index is -4.31. The SMILES string of the molecule is CN=C(NCCc1ccc(C(F)(F)F)cc1)NCCc1nccn1Cc1ccccc1.I. The Bertz CT molecular complexity index is 969. The quantitative estimate of drug-likeness (QED) is 0.244. The Kier molecular flexibility index (Phi) is 10.0. The standard InChI is InChI=1S/C23H26F3N5.HI/c1-27-22(29-13-11-18-7-9-20(10-8-18)23(24,25)26)30-14-12-21-28-15-16-31(21)17-19-5-3-2-4-6-19;/h2-10,15-16H,11-14,17H2,1H3,(H2,27,29,30);1H. The lowest BCUT2D eigenvalue weighted by atomic mass is 10.1. The normalized spacial score (nSPS) is 11.7. The van der Waals surface area contributed by atoms with Crippen LogP contribution in [0.1, 0.15) is 22.5 Å². The highest BCUT2D eigenvalue weighted by Crippen LogP contribution is 2.29. The Morgan fingerprint density at radius 3 is 2.22 bits per heavy atom. The van der Waals surface area contributed by atoms with Crippen molar-refractivity contribution in [3.63, 3.8) is 0 Å². The van der Waals surface area contributed by atoms with Crippen molar-refractivity contribution in [2.45, 2.75) is 25.6 Å². The van der Waals surface area contributed by atoms with Crippen LogP contribution in [0.2, 0.25) is 0 Å². The molecule has 1 aromatic heterocycles. The Balaban J connectivity index is 0.00000363. The molecule has 0 aliphatic heterocycles. The molecule has 0 unspecified atom stereocenters. The summed E-state index contributed by atoms with van der Waals surface area (Å²) in [5.41, 5.74) is 1.42. The van der Waals surface area contributed by atoms with E-state index in [4.69, 9.17) is 0 Å². The number of rotatable bonds is 8. The van der Waals surface area contributed by atoms with E-state index < -0.39 is 11.7 Å². The van der Waals surface area contributed by atoms with E-state index in [0.717, 1.165) is 36.5 Å². The molecule has 2 aromatic carbocycles. The van der Waals surface area contributed by atoms with Gasteiger partial charge in [-0.2, -0.15) is 13.2 Å². The molecule has 32 heavy (non-hydrogen) atoms. The second kappa shape index (κ2) is 12.5. The molecule has 0 fully saturated rings. The smallest absolute Gasteiger partial charge is 0.356 e. The number of aromatic nitrogens is 2. The van der Waals surface area contributed by atoms with E-state index in [1.807, 2.05) is 24.4 Å². The summed E-state index contributed by atoms with van der Waals surface area (Å²) in [5, 5.41) is 6.44. The van der Waals surface area contributed by atoms with E-state index in [-0.39, 0.29) is 24.0 Å². The lowest BCUT2D eigenvalue weighted by molar-refractivity contribution is -0.137. The zero-order valence-corrected chi connectivity index (χ0v) is 20.1. The molecule has 0 radical (unpaired) electrons. The molecule has 0 aliphatic carbocycles. The van der Waals surface area contributed by atoms with Gasteiger partial charge in [0.05, 0.1) is 5.56 Å². The van der Waals surface area contributed by atoms with Crippen LogP contribution in [-0.2, 0) is 25.6 Å². The molecule has 0 saturated carbocycles. The summed E-state index contributed by atoms with van der Waals surface area (Å²) < 4.78 is 40.0. The van der Waals surface area contributed by atoms with Gasteiger partial charge in [-0.05, 0) is 29.7 Å². The van der Waals surface area contributed by atoms with Crippen molar-refractivity contribution in [2.24, 2.45) is 4.99 Å². The van der Waals surface area contributed by atoms with Gasteiger partial charge in [-0.25, -0.2) is 4.98 Å². The van der Waals surface area contributed by atoms with Crippen LogP contribution < -0.4 is 10.6 Å². The van der Waals surface area contributed by atoms with E-state index in [1.54, 1.807) is 13.2 Å². The van der Waals surface area contributed by atoms with Gasteiger partial charge in [-0.15, -0.1) is 24.0 Å². The highest BCUT2D eigenvalue weighted by Gasteiger charge is 2.29. The number of aliphatic imine (C=N–C) groups is 1. The van der Waals surface area contributed by atoms with Gasteiger partial charge < -0.3 is 15.2 Å². The molecule has 0 spiro atoms. The van der Waals surface area contributed by atoms with Gasteiger partial charge in [0.1, 0.15) is 5.82 Å². The molecule has 3 aromatic rings. The van der Waals surface area contributed by atoms with E-state index in [2.05, 4.69) is 37.3 Å². The van der Waals surface area contributed by atoms with Crippen LogP contribution in [0.15, 0.2) is 72.0 Å². The summed E-state index contributed by atoms with van der Waals surface area (Å²) in [6.45, 7) is 2.00. The summed E-state index contributed by atoms with van der Waals surface area (Å²) in [7, 11) is 1.68. The average molecular weight is 557 g/mol. The maximum Gasteiger partial charge on any atom is 0.416 e. The number of imidazole rings is 1. The number of hydrogen-bond donors (Lipinski definition) is 2. The zero-order valence-electron chi connectivity index (χ0n) is 17.8. The number of alkyl halides is 3. The summed E-state index contributed by atoms with van der Waals surface area (Å²) in [6, 6.07) is 15.5. The second-order valence-electron chi connectivity index (χ2n) is 7.08. The van der Waals surface area contributed by atoms with Crippen LogP contribution in [0.5, 0.6) is 0 Å². The first-order valence-electron chi connectivity index (χ1n) is 10.1. The van der Waals surface area contributed by atoms with Gasteiger partial charge in [0.25, 0.3) is 0 Å². The molecule has 3 rings (SSSR count). The number of guanidine groups is 1. The molecule has 0 atom stereocenters. The molecule has 0 amide bonds. The fraction of sp³-hybridized carbons (Fsp3) is 0.304. The zero-order chi connectivity index (χ0) is 22.1. The third kappa shape index (κ3) is 7.85. The first-order valence-corrected chi connectivity index (χ1v) is 10.1. The predicted octanol–water partition coefficient (Wildman–Crippen LogP) is 4.52. The van der Waals surface area contributed by atoms with E-state index in [0.29, 0.717) is 25.5 Å². The maximum atomic E-state index is 12.6. The fourth-order valence-electron chi connectivity index (χ4n) is 3.19. The van der Waals surface area contributed by atoms with Gasteiger partial charge in [0.2, 0.25) is 0 Å². The summed E-state index contributed by atoms with van der Waals surface area (Å²) in [6.07, 6.45) is 0.799. The molecule has 0 saturated heterocycles. The average Bonchev–Trinajstić information content (AvgIpc) is 3.20. The third-order valence-corrected chi connectivity index (χ3v) is 4.85. The maximum absolute atomic E-state index is 12.6. The molecule has 9 heteroatoms. The first kappa shape index (κ1) is 25.7. The largest absolute Gasteiger partial charge is 0.416 e. The molecular formula is C23H27F3IN5. The van der Waals surface area contributed by atoms with E-state index in [9.17, 15) is 13.2 Å². The lowest BCUT2D eigenvalue weighted by Crippen LogP contribution is -2.39. The van der Waals surface area contributed by atoms with E-state index >= 15 is 0 Å². The van der Waals surface area contributed by atoms with Crippen molar-refractivity contribution in [3.05, 3.63) is 89.5 Å². The van der Waals surface area contributed by atoms with Crippen LogP contribution in [0.25, 0.3) is 0 Å². The number of hydrogen-bond acceptors (Lipinski definition) is 2. The first-order chi connectivity index (χ1) is 15.0. The van der Waals surface area contributed by atoms with Crippen molar-refractivity contribution < 1.29 is 13.2 Å². The summed E-state index contributed by atoms with van der Waals surface area (Å²) in [4.78, 5) is 8.64. The molecule has 1 heterocycles. The van der Waals surface area contributed by atoms with Crippen LogP contribution in [0.4, 0.5) is 13.2 Å². The molecule has 2 N–H and O–H groups in total. The summed E-state index contributed by atoms with van der Waals surface area (Å²) in [5.74, 6) is 1.63. The highest BCUT2D eigenvalue weighted by molar-refractivity contribution is 14.0. The van der Waals surface area contributed by atoms with Crippen LogP contribution in [0, 0.1) is 0 Å². The predicted molar refractivity (Wildman–Crippen MR) is 131 cm³/mol. The molecule has 5 nitrogen and oxygen atoms in total. The van der Waals surface area contributed by atoms with Crippen LogP contribution in [0.3, 0.4) is 0 Å². The van der Waals surface area contributed by atoms with Gasteiger partial charge in [0.15, 0.2) is 5.96 Å². The second-order valence-corrected chi connectivity index (χ2v) is 7.08. The number of halogens is 4. The van der Waals surface area contributed by atoms with Crippen molar-refractivity contribution in [1.82, 2.24) is 20.2 Å². The van der Waals surface area contributed by atoms with Gasteiger partial charge in [0, 0.05) is 45.5 Å². The number of nitrogens with one attached hydrogen (secondary N) is 2. The van der Waals surface area contributed by atoms with Crippen LogP contribution in [-0.4, -0.2) is 35.6 Å². The van der Waals surface area contributed by atoms with Gasteiger partial charge >= 0.3 is 6.18 Å².